The summed E-state index contributed by atoms with van der Waals surface area (Å²) in [5.41, 5.74) is 8.90. The van der Waals surface area contributed by atoms with Gasteiger partial charge in [-0.05, 0) is 93.5 Å². The Balaban J connectivity index is 1.49. The molecule has 9 heteroatoms. The molecule has 2 aliphatic heterocycles. The van der Waals surface area contributed by atoms with Gasteiger partial charge in [-0.3, -0.25) is 4.79 Å². The lowest BCUT2D eigenvalue weighted by Gasteiger charge is -2.38. The van der Waals surface area contributed by atoms with Crippen LogP contribution in [0.3, 0.4) is 0 Å². The first kappa shape index (κ1) is 26.1. The standard InChI is InChI=1S/C31H30F2N6O/c1-31(2,3)39-29-15-27(33)25(14-28(29)36-37-39)23-9-6-18(10-24(23)17-4-5-19(16-34)26(32)11-17)30(40)38-21-7-8-22(38)13-20(35)12-21/h4-6,9-11,14-15,20-22H,7-8,12-13,35H2,1-3H3/t20?,21-,22+. The lowest BCUT2D eigenvalue weighted by atomic mass is 9.90. The molecule has 3 atom stereocenters. The van der Waals surface area contributed by atoms with Gasteiger partial charge in [-0.2, -0.15) is 5.26 Å². The first-order chi connectivity index (χ1) is 19.0. The first-order valence-electron chi connectivity index (χ1n) is 13.5. The number of aromatic nitrogens is 3. The third-order valence-corrected chi connectivity index (χ3v) is 8.13. The van der Waals surface area contributed by atoms with Crippen LogP contribution in [0.5, 0.6) is 0 Å². The van der Waals surface area contributed by atoms with Gasteiger partial charge in [-0.1, -0.05) is 17.3 Å². The second-order valence-electron chi connectivity index (χ2n) is 11.9. The van der Waals surface area contributed by atoms with Gasteiger partial charge < -0.3 is 10.6 Å². The van der Waals surface area contributed by atoms with Crippen molar-refractivity contribution in [2.24, 2.45) is 5.73 Å². The van der Waals surface area contributed by atoms with E-state index in [1.807, 2.05) is 31.7 Å². The molecule has 0 aliphatic carbocycles. The molecule has 2 fully saturated rings. The number of nitrogens with zero attached hydrogens (tertiary/aromatic N) is 5. The lowest BCUT2D eigenvalue weighted by Crippen LogP contribution is -2.50. The Hall–Kier alpha value is -4.16. The van der Waals surface area contributed by atoms with Gasteiger partial charge in [0, 0.05) is 35.3 Å². The van der Waals surface area contributed by atoms with Gasteiger partial charge in [0.1, 0.15) is 23.2 Å². The van der Waals surface area contributed by atoms with Crippen molar-refractivity contribution in [1.82, 2.24) is 19.9 Å². The SMILES string of the molecule is CC(C)(C)n1nnc2cc(-c3ccc(C(=O)N4[C@@H]5CC[C@H]4CC(N)C5)cc3-c3ccc(C#N)c(F)c3)c(F)cc21. The highest BCUT2D eigenvalue weighted by Crippen LogP contribution is 2.40. The number of rotatable bonds is 3. The fourth-order valence-corrected chi connectivity index (χ4v) is 6.27. The van der Waals surface area contributed by atoms with Crippen LogP contribution in [0.1, 0.15) is 62.4 Å². The zero-order chi connectivity index (χ0) is 28.3. The van der Waals surface area contributed by atoms with Crippen LogP contribution < -0.4 is 5.73 Å². The Bertz CT molecular complexity index is 1680. The van der Waals surface area contributed by atoms with Crippen LogP contribution in [0.2, 0.25) is 0 Å². The molecule has 7 nitrogen and oxygen atoms in total. The molecule has 4 aromatic rings. The number of piperidine rings is 1. The maximum atomic E-state index is 15.8. The average Bonchev–Trinajstić information content (AvgIpc) is 3.45. The summed E-state index contributed by atoms with van der Waals surface area (Å²) in [7, 11) is 0. The molecule has 3 aromatic carbocycles. The van der Waals surface area contributed by atoms with E-state index in [2.05, 4.69) is 10.3 Å². The van der Waals surface area contributed by atoms with E-state index in [4.69, 9.17) is 5.73 Å². The van der Waals surface area contributed by atoms with E-state index in [9.17, 15) is 14.4 Å². The summed E-state index contributed by atoms with van der Waals surface area (Å²) in [6.45, 7) is 5.88. The maximum absolute atomic E-state index is 15.8. The van der Waals surface area contributed by atoms with Crippen molar-refractivity contribution < 1.29 is 13.6 Å². The van der Waals surface area contributed by atoms with Crippen LogP contribution >= 0.6 is 0 Å². The Kier molecular flexibility index (Phi) is 6.19. The van der Waals surface area contributed by atoms with Gasteiger partial charge in [0.2, 0.25) is 0 Å². The molecule has 0 saturated carbocycles. The number of carbonyl (C=O) groups excluding carboxylic acids is 1. The van der Waals surface area contributed by atoms with Crippen LogP contribution in [-0.2, 0) is 5.54 Å². The minimum Gasteiger partial charge on any atom is -0.333 e. The third kappa shape index (κ3) is 4.33. The molecule has 204 valence electrons. The molecular formula is C31H30F2N6O. The van der Waals surface area contributed by atoms with Crippen molar-refractivity contribution in [2.45, 2.75) is 70.1 Å². The molecule has 1 amide bonds. The molecule has 2 N–H and O–H groups in total. The molecule has 3 heterocycles. The zero-order valence-corrected chi connectivity index (χ0v) is 22.7. The predicted molar refractivity (Wildman–Crippen MR) is 148 cm³/mol. The Morgan fingerprint density at radius 1 is 0.975 bits per heavy atom. The highest BCUT2D eigenvalue weighted by Gasteiger charge is 2.42. The molecule has 0 spiro atoms. The number of carbonyl (C=O) groups is 1. The van der Waals surface area contributed by atoms with Crippen molar-refractivity contribution in [3.05, 3.63) is 71.3 Å². The number of amides is 1. The second kappa shape index (κ2) is 9.49. The monoisotopic (exact) mass is 540 g/mol. The number of fused-ring (bicyclic) bond motifs is 3. The average molecular weight is 541 g/mol. The Labute approximate surface area is 231 Å². The predicted octanol–water partition coefficient (Wildman–Crippen LogP) is 5.76. The number of benzene rings is 3. The zero-order valence-electron chi connectivity index (χ0n) is 22.7. The minimum atomic E-state index is -0.685. The van der Waals surface area contributed by atoms with Gasteiger partial charge in [0.05, 0.1) is 16.6 Å². The summed E-state index contributed by atoms with van der Waals surface area (Å²) >= 11 is 0. The van der Waals surface area contributed by atoms with E-state index in [1.165, 1.54) is 18.2 Å². The number of hydrogen-bond acceptors (Lipinski definition) is 5. The largest absolute Gasteiger partial charge is 0.333 e. The van der Waals surface area contributed by atoms with E-state index in [-0.39, 0.29) is 35.2 Å². The minimum absolute atomic E-state index is 0.0924. The summed E-state index contributed by atoms with van der Waals surface area (Å²) < 4.78 is 32.2. The molecule has 6 rings (SSSR count). The van der Waals surface area contributed by atoms with Crippen molar-refractivity contribution in [2.75, 3.05) is 0 Å². The highest BCUT2D eigenvalue weighted by atomic mass is 19.1. The van der Waals surface area contributed by atoms with Gasteiger partial charge in [0.15, 0.2) is 0 Å². The van der Waals surface area contributed by atoms with Crippen LogP contribution in [0.25, 0.3) is 33.3 Å². The molecule has 1 unspecified atom stereocenters. The fourth-order valence-electron chi connectivity index (χ4n) is 6.27. The van der Waals surface area contributed by atoms with Crippen molar-refractivity contribution in [1.29, 1.82) is 5.26 Å². The molecule has 40 heavy (non-hydrogen) atoms. The van der Waals surface area contributed by atoms with Crippen LogP contribution in [0, 0.1) is 23.0 Å². The van der Waals surface area contributed by atoms with Gasteiger partial charge in [-0.15, -0.1) is 5.10 Å². The Morgan fingerprint density at radius 2 is 1.70 bits per heavy atom. The summed E-state index contributed by atoms with van der Waals surface area (Å²) in [5, 5.41) is 17.7. The lowest BCUT2D eigenvalue weighted by molar-refractivity contribution is 0.0575. The topological polar surface area (TPSA) is 101 Å². The molecule has 0 radical (unpaired) electrons. The molecule has 1 aromatic heterocycles. The summed E-state index contributed by atoms with van der Waals surface area (Å²) in [6, 6.07) is 14.5. The second-order valence-corrected chi connectivity index (χ2v) is 11.9. The van der Waals surface area contributed by atoms with Gasteiger partial charge in [-0.25, -0.2) is 13.5 Å². The van der Waals surface area contributed by atoms with Crippen molar-refractivity contribution in [3.63, 3.8) is 0 Å². The first-order valence-corrected chi connectivity index (χ1v) is 13.5. The van der Waals surface area contributed by atoms with E-state index in [1.54, 1.807) is 35.0 Å². The summed E-state index contributed by atoms with van der Waals surface area (Å²) in [5.74, 6) is -1.28. The fraction of sp³-hybridized carbons (Fsp3) is 0.355. The molecular weight excluding hydrogens is 510 g/mol. The number of halogens is 2. The van der Waals surface area contributed by atoms with E-state index >= 15 is 4.39 Å². The van der Waals surface area contributed by atoms with Gasteiger partial charge >= 0.3 is 0 Å². The quantitative estimate of drug-likeness (QED) is 0.356. The smallest absolute Gasteiger partial charge is 0.254 e. The van der Waals surface area contributed by atoms with Crippen LogP contribution in [0.15, 0.2) is 48.5 Å². The van der Waals surface area contributed by atoms with Crippen LogP contribution in [0.4, 0.5) is 8.78 Å². The number of hydrogen-bond donors (Lipinski definition) is 1. The van der Waals surface area contributed by atoms with Crippen molar-refractivity contribution in [3.8, 4) is 28.3 Å². The van der Waals surface area contributed by atoms with E-state index in [0.717, 1.165) is 25.7 Å². The van der Waals surface area contributed by atoms with Crippen molar-refractivity contribution >= 4 is 16.9 Å². The molecule has 2 saturated heterocycles. The van der Waals surface area contributed by atoms with Gasteiger partial charge in [0.25, 0.3) is 5.91 Å². The highest BCUT2D eigenvalue weighted by molar-refractivity contribution is 5.99. The Morgan fingerprint density at radius 3 is 2.35 bits per heavy atom. The van der Waals surface area contributed by atoms with E-state index < -0.39 is 17.2 Å². The third-order valence-electron chi connectivity index (χ3n) is 8.13. The summed E-state index contributed by atoms with van der Waals surface area (Å²) in [4.78, 5) is 15.7. The summed E-state index contributed by atoms with van der Waals surface area (Å²) in [6.07, 6.45) is 3.40. The van der Waals surface area contributed by atoms with E-state index in [0.29, 0.717) is 33.3 Å². The number of nitriles is 1. The maximum Gasteiger partial charge on any atom is 0.254 e. The normalized spacial score (nSPS) is 20.6. The number of nitrogens with two attached hydrogens (primary N) is 1. The molecule has 2 aliphatic rings. The molecule has 2 bridgehead atoms. The van der Waals surface area contributed by atoms with Crippen LogP contribution in [-0.4, -0.2) is 43.9 Å².